The summed E-state index contributed by atoms with van der Waals surface area (Å²) in [4.78, 5) is 0. The van der Waals surface area contributed by atoms with Gasteiger partial charge in [0.2, 0.25) is 0 Å². The van der Waals surface area contributed by atoms with Crippen molar-refractivity contribution in [1.29, 1.82) is 0 Å². The Kier molecular flexibility index (Phi) is 9.15. The van der Waals surface area contributed by atoms with E-state index in [0.29, 0.717) is 17.9 Å². The van der Waals surface area contributed by atoms with Crippen LogP contribution in [0.4, 0.5) is 0 Å². The van der Waals surface area contributed by atoms with Crippen molar-refractivity contribution < 1.29 is 14.6 Å². The van der Waals surface area contributed by atoms with Crippen LogP contribution in [0.25, 0.3) is 0 Å². The van der Waals surface area contributed by atoms with E-state index in [9.17, 15) is 5.11 Å². The molecule has 3 heteroatoms. The van der Waals surface area contributed by atoms with E-state index in [-0.39, 0.29) is 13.2 Å². The van der Waals surface area contributed by atoms with Crippen molar-refractivity contribution in [2.45, 2.75) is 52.1 Å². The minimum atomic E-state index is -0.0892. The summed E-state index contributed by atoms with van der Waals surface area (Å²) in [7, 11) is 0. The molecular weight excluding hydrogens is 264 g/mol. The van der Waals surface area contributed by atoms with Crippen molar-refractivity contribution in [3.8, 4) is 23.8 Å². The summed E-state index contributed by atoms with van der Waals surface area (Å²) in [5, 5.41) is 9.35. The van der Waals surface area contributed by atoms with E-state index in [4.69, 9.17) is 15.9 Å². The Morgan fingerprint density at radius 3 is 2.57 bits per heavy atom. The average molecular weight is 290 g/mol. The van der Waals surface area contributed by atoms with Gasteiger partial charge in [-0.1, -0.05) is 44.9 Å². The van der Waals surface area contributed by atoms with E-state index in [0.717, 1.165) is 12.2 Å². The molecule has 0 amide bonds. The number of aliphatic hydroxyl groups excluding tert-OH is 1. The highest BCUT2D eigenvalue weighted by atomic mass is 16.5. The quantitative estimate of drug-likeness (QED) is 0.496. The highest BCUT2D eigenvalue weighted by molar-refractivity contribution is 5.40. The fraction of sp³-hybridized carbons (Fsp3) is 0.556. The molecule has 0 saturated carbocycles. The molecule has 0 unspecified atom stereocenters. The first-order chi connectivity index (χ1) is 10.3. The Morgan fingerprint density at radius 2 is 1.86 bits per heavy atom. The summed E-state index contributed by atoms with van der Waals surface area (Å²) in [5.41, 5.74) is 0.700. The van der Waals surface area contributed by atoms with Crippen LogP contribution in [0.15, 0.2) is 18.2 Å². The van der Waals surface area contributed by atoms with Crippen molar-refractivity contribution in [1.82, 2.24) is 0 Å². The van der Waals surface area contributed by atoms with Gasteiger partial charge in [-0.15, -0.1) is 6.42 Å². The lowest BCUT2D eigenvalue weighted by atomic mass is 10.1. The zero-order chi connectivity index (χ0) is 15.3. The van der Waals surface area contributed by atoms with Crippen LogP contribution in [-0.2, 0) is 6.61 Å². The number of hydrogen-bond acceptors (Lipinski definition) is 3. The van der Waals surface area contributed by atoms with Crippen LogP contribution in [0.1, 0.15) is 51.0 Å². The Hall–Kier alpha value is -1.66. The van der Waals surface area contributed by atoms with E-state index in [1.165, 1.54) is 32.1 Å². The molecule has 1 N–H and O–H groups in total. The summed E-state index contributed by atoms with van der Waals surface area (Å²) in [6, 6.07) is 5.45. The molecule has 21 heavy (non-hydrogen) atoms. The van der Waals surface area contributed by atoms with Crippen LogP contribution in [0, 0.1) is 12.3 Å². The number of ether oxygens (including phenoxy) is 2. The molecule has 0 aliphatic heterocycles. The highest BCUT2D eigenvalue weighted by Crippen LogP contribution is 2.24. The van der Waals surface area contributed by atoms with E-state index < -0.39 is 0 Å². The molecule has 0 spiro atoms. The second kappa shape index (κ2) is 11.0. The molecule has 0 heterocycles. The highest BCUT2D eigenvalue weighted by Gasteiger charge is 2.05. The SMILES string of the molecule is C#CCOc1ccc(OCCCCCCCC)cc1CO. The van der Waals surface area contributed by atoms with Gasteiger partial charge in [-0.2, -0.15) is 0 Å². The molecular formula is C18H26O3. The molecule has 1 aromatic carbocycles. The maximum absolute atomic E-state index is 9.35. The summed E-state index contributed by atoms with van der Waals surface area (Å²) in [5.74, 6) is 3.79. The van der Waals surface area contributed by atoms with Crippen molar-refractivity contribution in [3.63, 3.8) is 0 Å². The minimum Gasteiger partial charge on any atom is -0.494 e. The lowest BCUT2D eigenvalue weighted by Gasteiger charge is -2.11. The van der Waals surface area contributed by atoms with Gasteiger partial charge in [-0.3, -0.25) is 0 Å². The first-order valence-corrected chi connectivity index (χ1v) is 7.74. The maximum Gasteiger partial charge on any atom is 0.148 e. The van der Waals surface area contributed by atoms with Crippen LogP contribution >= 0.6 is 0 Å². The third-order valence-corrected chi connectivity index (χ3v) is 3.28. The van der Waals surface area contributed by atoms with Crippen LogP contribution < -0.4 is 9.47 Å². The van der Waals surface area contributed by atoms with Crippen LogP contribution in [-0.4, -0.2) is 18.3 Å². The Balaban J connectivity index is 2.33. The van der Waals surface area contributed by atoms with E-state index in [2.05, 4.69) is 12.8 Å². The third kappa shape index (κ3) is 7.06. The van der Waals surface area contributed by atoms with E-state index in [1.807, 2.05) is 12.1 Å². The second-order valence-corrected chi connectivity index (χ2v) is 5.04. The Labute approximate surface area is 128 Å². The van der Waals surface area contributed by atoms with Gasteiger partial charge in [0, 0.05) is 5.56 Å². The molecule has 0 fully saturated rings. The fourth-order valence-corrected chi connectivity index (χ4v) is 2.10. The smallest absolute Gasteiger partial charge is 0.148 e. The topological polar surface area (TPSA) is 38.7 Å². The lowest BCUT2D eigenvalue weighted by Crippen LogP contribution is -2.01. The maximum atomic E-state index is 9.35. The number of benzene rings is 1. The van der Waals surface area contributed by atoms with Crippen LogP contribution in [0.2, 0.25) is 0 Å². The predicted molar refractivity (Wildman–Crippen MR) is 85.6 cm³/mol. The molecule has 0 saturated heterocycles. The van der Waals surface area contributed by atoms with Gasteiger partial charge >= 0.3 is 0 Å². The van der Waals surface area contributed by atoms with Gasteiger partial charge < -0.3 is 14.6 Å². The normalized spacial score (nSPS) is 10.1. The van der Waals surface area contributed by atoms with Gasteiger partial charge in [0.15, 0.2) is 0 Å². The second-order valence-electron chi connectivity index (χ2n) is 5.04. The molecule has 0 aliphatic rings. The molecule has 116 valence electrons. The molecule has 0 radical (unpaired) electrons. The van der Waals surface area contributed by atoms with Gasteiger partial charge in [0.1, 0.15) is 18.1 Å². The summed E-state index contributed by atoms with van der Waals surface area (Å²) in [6.45, 7) is 3.04. The zero-order valence-electron chi connectivity index (χ0n) is 12.9. The number of terminal acetylenes is 1. The summed E-state index contributed by atoms with van der Waals surface area (Å²) < 4.78 is 11.1. The molecule has 0 aromatic heterocycles. The zero-order valence-corrected chi connectivity index (χ0v) is 12.9. The van der Waals surface area contributed by atoms with Crippen molar-refractivity contribution in [2.75, 3.05) is 13.2 Å². The lowest BCUT2D eigenvalue weighted by molar-refractivity contribution is 0.267. The molecule has 0 bridgehead atoms. The molecule has 1 rings (SSSR count). The van der Waals surface area contributed by atoms with Gasteiger partial charge in [-0.25, -0.2) is 0 Å². The van der Waals surface area contributed by atoms with Crippen molar-refractivity contribution in [2.24, 2.45) is 0 Å². The standard InChI is InChI=1S/C18H26O3/c1-3-5-6-7-8-9-13-20-17-10-11-18(21-12-4-2)16(14-17)15-19/h2,10-11,14,19H,3,5-9,12-13,15H2,1H3. The molecule has 3 nitrogen and oxygen atoms in total. The molecule has 1 aromatic rings. The largest absolute Gasteiger partial charge is 0.494 e. The average Bonchev–Trinajstić information content (AvgIpc) is 2.52. The van der Waals surface area contributed by atoms with E-state index in [1.54, 1.807) is 6.07 Å². The third-order valence-electron chi connectivity index (χ3n) is 3.28. The van der Waals surface area contributed by atoms with E-state index >= 15 is 0 Å². The van der Waals surface area contributed by atoms with Gasteiger partial charge in [0.25, 0.3) is 0 Å². The first kappa shape index (κ1) is 17.4. The Morgan fingerprint density at radius 1 is 1.10 bits per heavy atom. The first-order valence-electron chi connectivity index (χ1n) is 7.74. The summed E-state index contributed by atoms with van der Waals surface area (Å²) >= 11 is 0. The molecule has 0 atom stereocenters. The van der Waals surface area contributed by atoms with Gasteiger partial charge in [-0.05, 0) is 24.6 Å². The number of hydrogen-bond donors (Lipinski definition) is 1. The monoisotopic (exact) mass is 290 g/mol. The van der Waals surface area contributed by atoms with Crippen molar-refractivity contribution in [3.05, 3.63) is 23.8 Å². The Bertz CT molecular complexity index is 435. The fourth-order valence-electron chi connectivity index (χ4n) is 2.10. The number of aliphatic hydroxyl groups is 1. The predicted octanol–water partition coefficient (Wildman–Crippen LogP) is 3.93. The van der Waals surface area contributed by atoms with Gasteiger partial charge in [0.05, 0.1) is 13.2 Å². The van der Waals surface area contributed by atoms with Crippen LogP contribution in [0.5, 0.6) is 11.5 Å². The molecule has 0 aliphatic carbocycles. The number of unbranched alkanes of at least 4 members (excludes halogenated alkanes) is 5. The number of rotatable bonds is 11. The minimum absolute atomic E-state index is 0.0892. The van der Waals surface area contributed by atoms with Crippen LogP contribution in [0.3, 0.4) is 0 Å². The van der Waals surface area contributed by atoms with Crippen molar-refractivity contribution >= 4 is 0 Å². The summed E-state index contributed by atoms with van der Waals surface area (Å²) in [6.07, 6.45) is 12.6.